The fraction of sp³-hybridized carbons (Fsp3) is 0.684. The lowest BCUT2D eigenvalue weighted by atomic mass is 9.96. The van der Waals surface area contributed by atoms with Crippen LogP contribution in [0.3, 0.4) is 0 Å². The van der Waals surface area contributed by atoms with Crippen molar-refractivity contribution in [1.29, 1.82) is 0 Å². The second-order valence-corrected chi connectivity index (χ2v) is 7.26. The average Bonchev–Trinajstić information content (AvgIpc) is 3.03. The van der Waals surface area contributed by atoms with Gasteiger partial charge in [-0.05, 0) is 38.8 Å². The molecule has 2 aliphatic heterocycles. The van der Waals surface area contributed by atoms with E-state index in [1.165, 1.54) is 12.0 Å². The summed E-state index contributed by atoms with van der Waals surface area (Å²) in [4.78, 5) is 4.95. The fourth-order valence-corrected chi connectivity index (χ4v) is 4.21. The van der Waals surface area contributed by atoms with E-state index in [4.69, 9.17) is 0 Å². The Kier molecular flexibility index (Phi) is 5.70. The minimum atomic E-state index is -0.281. The Bertz CT molecular complexity index is 479. The smallest absolute Gasteiger partial charge is 0.0862 e. The van der Waals surface area contributed by atoms with Gasteiger partial charge in [-0.1, -0.05) is 30.3 Å². The number of benzene rings is 1. The molecular formula is C19H31N3O. The van der Waals surface area contributed by atoms with Gasteiger partial charge in [0.2, 0.25) is 0 Å². The summed E-state index contributed by atoms with van der Waals surface area (Å²) in [6, 6.07) is 11.6. The van der Waals surface area contributed by atoms with Gasteiger partial charge in [-0.2, -0.15) is 0 Å². The Morgan fingerprint density at radius 1 is 1.17 bits per heavy atom. The lowest BCUT2D eigenvalue weighted by molar-refractivity contribution is -0.0254. The van der Waals surface area contributed by atoms with Gasteiger partial charge in [0.15, 0.2) is 0 Å². The predicted molar refractivity (Wildman–Crippen MR) is 94.4 cm³/mol. The van der Waals surface area contributed by atoms with Crippen LogP contribution in [0.5, 0.6) is 0 Å². The summed E-state index contributed by atoms with van der Waals surface area (Å²) in [5, 5.41) is 14.6. The highest BCUT2D eigenvalue weighted by Crippen LogP contribution is 2.26. The minimum absolute atomic E-state index is 0.227. The highest BCUT2D eigenvalue weighted by Gasteiger charge is 2.39. The van der Waals surface area contributed by atoms with Crippen LogP contribution in [0, 0.1) is 0 Å². The molecule has 3 rings (SSSR count). The van der Waals surface area contributed by atoms with Crippen molar-refractivity contribution >= 4 is 0 Å². The highest BCUT2D eigenvalue weighted by atomic mass is 16.3. The zero-order valence-electron chi connectivity index (χ0n) is 14.5. The molecule has 2 N–H and O–H groups in total. The van der Waals surface area contributed by atoms with Gasteiger partial charge >= 0.3 is 0 Å². The Labute approximate surface area is 140 Å². The van der Waals surface area contributed by atoms with Crippen molar-refractivity contribution in [2.45, 2.75) is 57.5 Å². The van der Waals surface area contributed by atoms with Crippen molar-refractivity contribution in [3.8, 4) is 0 Å². The molecule has 0 bridgehead atoms. The van der Waals surface area contributed by atoms with Crippen LogP contribution < -0.4 is 5.32 Å². The summed E-state index contributed by atoms with van der Waals surface area (Å²) in [6.07, 6.45) is 2.02. The number of hydrogen-bond acceptors (Lipinski definition) is 4. The van der Waals surface area contributed by atoms with Gasteiger partial charge in [0, 0.05) is 44.3 Å². The van der Waals surface area contributed by atoms with Crippen LogP contribution >= 0.6 is 0 Å². The standard InChI is InChI=1S/C19H31N3O/c1-15(2)22-12-10-20-13-18(22)19(23)17-9-6-11-21(17)14-16-7-4-3-5-8-16/h3-5,7-8,15,17-20,23H,6,9-14H2,1-2H3/t17?,18?,19-/m0/s1. The third-order valence-electron chi connectivity index (χ3n) is 5.42. The SMILES string of the molecule is CC(C)N1CCNCC1[C@@H](O)C1CCCN1Cc1ccccc1. The third kappa shape index (κ3) is 3.94. The summed E-state index contributed by atoms with van der Waals surface area (Å²) in [5.41, 5.74) is 1.34. The predicted octanol–water partition coefficient (Wildman–Crippen LogP) is 1.69. The highest BCUT2D eigenvalue weighted by molar-refractivity contribution is 5.15. The first-order chi connectivity index (χ1) is 11.2. The normalized spacial score (nSPS) is 28.3. The molecule has 0 saturated carbocycles. The Balaban J connectivity index is 1.68. The molecule has 1 aromatic rings. The lowest BCUT2D eigenvalue weighted by Crippen LogP contribution is -2.62. The van der Waals surface area contributed by atoms with E-state index < -0.39 is 0 Å². The molecule has 3 atom stereocenters. The van der Waals surface area contributed by atoms with E-state index in [-0.39, 0.29) is 18.2 Å². The number of nitrogens with one attached hydrogen (secondary N) is 1. The quantitative estimate of drug-likeness (QED) is 0.867. The van der Waals surface area contributed by atoms with Crippen LogP contribution in [0.4, 0.5) is 0 Å². The summed E-state index contributed by atoms with van der Waals surface area (Å²) >= 11 is 0. The van der Waals surface area contributed by atoms with E-state index in [9.17, 15) is 5.11 Å². The molecule has 1 aromatic carbocycles. The van der Waals surface area contributed by atoms with Crippen LogP contribution in [0.2, 0.25) is 0 Å². The van der Waals surface area contributed by atoms with Gasteiger partial charge in [0.25, 0.3) is 0 Å². The number of likely N-dealkylation sites (tertiary alicyclic amines) is 1. The molecule has 0 spiro atoms. The Morgan fingerprint density at radius 2 is 1.96 bits per heavy atom. The summed E-state index contributed by atoms with van der Waals surface area (Å²) < 4.78 is 0. The number of piperazine rings is 1. The first-order valence-corrected chi connectivity index (χ1v) is 9.09. The molecule has 2 fully saturated rings. The molecule has 2 saturated heterocycles. The van der Waals surface area contributed by atoms with Gasteiger partial charge in [-0.3, -0.25) is 9.80 Å². The third-order valence-corrected chi connectivity index (χ3v) is 5.42. The number of hydrogen-bond donors (Lipinski definition) is 2. The molecule has 4 nitrogen and oxygen atoms in total. The van der Waals surface area contributed by atoms with Crippen LogP contribution in [0.15, 0.2) is 30.3 Å². The van der Waals surface area contributed by atoms with Crippen LogP contribution in [0.1, 0.15) is 32.3 Å². The maximum Gasteiger partial charge on any atom is 0.0862 e. The van der Waals surface area contributed by atoms with E-state index in [1.807, 2.05) is 0 Å². The van der Waals surface area contributed by atoms with Crippen molar-refractivity contribution in [3.05, 3.63) is 35.9 Å². The number of nitrogens with zero attached hydrogens (tertiary/aromatic N) is 2. The van der Waals surface area contributed by atoms with Crippen molar-refractivity contribution < 1.29 is 5.11 Å². The van der Waals surface area contributed by atoms with Crippen molar-refractivity contribution in [3.63, 3.8) is 0 Å². The second-order valence-electron chi connectivity index (χ2n) is 7.26. The second kappa shape index (κ2) is 7.75. The number of aliphatic hydroxyl groups excluding tert-OH is 1. The molecule has 0 aliphatic carbocycles. The van der Waals surface area contributed by atoms with Crippen molar-refractivity contribution in [2.75, 3.05) is 26.2 Å². The number of rotatable bonds is 5. The van der Waals surface area contributed by atoms with E-state index in [2.05, 4.69) is 59.3 Å². The van der Waals surface area contributed by atoms with Crippen LogP contribution in [0.25, 0.3) is 0 Å². The van der Waals surface area contributed by atoms with Gasteiger partial charge in [0.05, 0.1) is 6.10 Å². The Morgan fingerprint density at radius 3 is 2.70 bits per heavy atom. The lowest BCUT2D eigenvalue weighted by Gasteiger charge is -2.44. The summed E-state index contributed by atoms with van der Waals surface area (Å²) in [6.45, 7) is 9.48. The zero-order valence-corrected chi connectivity index (χ0v) is 14.5. The average molecular weight is 317 g/mol. The molecule has 0 amide bonds. The number of aliphatic hydroxyl groups is 1. The molecular weight excluding hydrogens is 286 g/mol. The molecule has 0 aromatic heterocycles. The minimum Gasteiger partial charge on any atom is -0.390 e. The van der Waals surface area contributed by atoms with E-state index >= 15 is 0 Å². The monoisotopic (exact) mass is 317 g/mol. The van der Waals surface area contributed by atoms with Gasteiger partial charge in [-0.25, -0.2) is 0 Å². The van der Waals surface area contributed by atoms with Crippen LogP contribution in [-0.2, 0) is 6.54 Å². The van der Waals surface area contributed by atoms with Gasteiger partial charge in [0.1, 0.15) is 0 Å². The molecule has 23 heavy (non-hydrogen) atoms. The first kappa shape index (κ1) is 16.9. The molecule has 2 aliphatic rings. The summed E-state index contributed by atoms with van der Waals surface area (Å²) in [5.74, 6) is 0. The van der Waals surface area contributed by atoms with Gasteiger partial charge < -0.3 is 10.4 Å². The maximum atomic E-state index is 11.1. The van der Waals surface area contributed by atoms with E-state index in [0.29, 0.717) is 6.04 Å². The topological polar surface area (TPSA) is 38.7 Å². The molecule has 0 radical (unpaired) electrons. The molecule has 128 valence electrons. The molecule has 4 heteroatoms. The molecule has 2 unspecified atom stereocenters. The molecule has 2 heterocycles. The van der Waals surface area contributed by atoms with E-state index in [1.54, 1.807) is 0 Å². The first-order valence-electron chi connectivity index (χ1n) is 9.09. The Hall–Kier alpha value is -0.940. The largest absolute Gasteiger partial charge is 0.390 e. The van der Waals surface area contributed by atoms with Crippen molar-refractivity contribution in [2.24, 2.45) is 0 Å². The van der Waals surface area contributed by atoms with E-state index in [0.717, 1.165) is 39.1 Å². The fourth-order valence-electron chi connectivity index (χ4n) is 4.21. The van der Waals surface area contributed by atoms with Crippen molar-refractivity contribution in [1.82, 2.24) is 15.1 Å². The van der Waals surface area contributed by atoms with Crippen LogP contribution in [-0.4, -0.2) is 65.3 Å². The van der Waals surface area contributed by atoms with Gasteiger partial charge in [-0.15, -0.1) is 0 Å². The zero-order chi connectivity index (χ0) is 16.2. The maximum absolute atomic E-state index is 11.1. The summed E-state index contributed by atoms with van der Waals surface area (Å²) in [7, 11) is 0.